The molecular weight excluding hydrogens is 497 g/mol. The first kappa shape index (κ1) is 25.9. The van der Waals surface area contributed by atoms with Gasteiger partial charge in [-0.25, -0.2) is 4.39 Å². The molecule has 1 aliphatic heterocycles. The van der Waals surface area contributed by atoms with Gasteiger partial charge in [0.2, 0.25) is 0 Å². The van der Waals surface area contributed by atoms with E-state index in [2.05, 4.69) is 40.2 Å². The lowest BCUT2D eigenvalue weighted by molar-refractivity contribution is 0.102. The second-order valence-corrected chi connectivity index (χ2v) is 10.5. The average molecular weight is 530 g/mol. The summed E-state index contributed by atoms with van der Waals surface area (Å²) in [6.07, 6.45) is 0.895. The zero-order valence-corrected chi connectivity index (χ0v) is 22.5. The third kappa shape index (κ3) is 5.74. The van der Waals surface area contributed by atoms with Gasteiger partial charge < -0.3 is 15.0 Å². The number of hydrogen-bond donors (Lipinski definition) is 1. The first-order valence-electron chi connectivity index (χ1n) is 12.9. The van der Waals surface area contributed by atoms with Gasteiger partial charge in [0, 0.05) is 47.9 Å². The fourth-order valence-electron chi connectivity index (χ4n) is 4.96. The molecule has 196 valence electrons. The molecule has 0 aliphatic carbocycles. The number of thiophene rings is 1. The normalized spacial score (nSPS) is 14.8. The van der Waals surface area contributed by atoms with Gasteiger partial charge in [-0.2, -0.15) is 0 Å². The molecule has 0 saturated carbocycles. The van der Waals surface area contributed by atoms with Gasteiger partial charge in [-0.05, 0) is 66.6 Å². The number of carbonyl (C=O) groups is 1. The Bertz CT molecular complexity index is 1350. The summed E-state index contributed by atoms with van der Waals surface area (Å²) < 4.78 is 18.9. The number of methoxy groups -OCH3 is 1. The van der Waals surface area contributed by atoms with Gasteiger partial charge in [0.1, 0.15) is 16.6 Å². The molecule has 0 unspecified atom stereocenters. The van der Waals surface area contributed by atoms with Crippen molar-refractivity contribution in [2.24, 2.45) is 0 Å². The molecule has 0 spiro atoms. The average Bonchev–Trinajstić information content (AvgIpc) is 3.37. The number of halogens is 1. The predicted molar refractivity (Wildman–Crippen MR) is 153 cm³/mol. The monoisotopic (exact) mass is 529 g/mol. The minimum atomic E-state index is -0.221. The highest BCUT2D eigenvalue weighted by Gasteiger charge is 2.30. The third-order valence-electron chi connectivity index (χ3n) is 7.02. The molecule has 2 heterocycles. The lowest BCUT2D eigenvalue weighted by atomic mass is 9.97. The largest absolute Gasteiger partial charge is 0.497 e. The Labute approximate surface area is 227 Å². The number of nitrogens with one attached hydrogen (secondary N) is 1. The van der Waals surface area contributed by atoms with Crippen LogP contribution in [0.1, 0.15) is 39.3 Å². The van der Waals surface area contributed by atoms with Crippen LogP contribution in [0, 0.1) is 5.82 Å². The molecular formula is C31H32FN3O2S. The van der Waals surface area contributed by atoms with Gasteiger partial charge >= 0.3 is 0 Å². The Morgan fingerprint density at radius 3 is 2.29 bits per heavy atom. The number of amides is 1. The summed E-state index contributed by atoms with van der Waals surface area (Å²) in [6.45, 7) is 5.46. The molecule has 1 saturated heterocycles. The van der Waals surface area contributed by atoms with Crippen molar-refractivity contribution in [2.45, 2.75) is 19.4 Å². The van der Waals surface area contributed by atoms with Crippen LogP contribution in [-0.2, 0) is 6.42 Å². The molecule has 3 aromatic carbocycles. The van der Waals surface area contributed by atoms with Crippen LogP contribution in [0.2, 0.25) is 0 Å². The summed E-state index contributed by atoms with van der Waals surface area (Å²) in [6, 6.07) is 26.5. The van der Waals surface area contributed by atoms with Crippen LogP contribution in [0.3, 0.4) is 0 Å². The van der Waals surface area contributed by atoms with Crippen molar-refractivity contribution in [3.05, 3.63) is 112 Å². The van der Waals surface area contributed by atoms with E-state index < -0.39 is 0 Å². The van der Waals surface area contributed by atoms with Gasteiger partial charge in [-0.15, -0.1) is 11.3 Å². The van der Waals surface area contributed by atoms with E-state index in [4.69, 9.17) is 4.74 Å². The summed E-state index contributed by atoms with van der Waals surface area (Å²) in [5.41, 5.74) is 3.93. The highest BCUT2D eigenvalue weighted by Crippen LogP contribution is 2.40. The number of benzene rings is 3. The Balaban J connectivity index is 1.46. The molecule has 1 fully saturated rings. The smallest absolute Gasteiger partial charge is 0.256 e. The molecule has 0 bridgehead atoms. The fraction of sp³-hybridized carbons (Fsp3) is 0.258. The maximum Gasteiger partial charge on any atom is 0.256 e. The quantitative estimate of drug-likeness (QED) is 0.279. The molecule has 1 N–H and O–H groups in total. The number of aryl methyl sites for hydroxylation is 1. The number of anilines is 2. The maximum absolute atomic E-state index is 13.5. The number of rotatable bonds is 8. The molecule has 38 heavy (non-hydrogen) atoms. The van der Waals surface area contributed by atoms with Crippen LogP contribution >= 0.6 is 11.3 Å². The predicted octanol–water partition coefficient (Wildman–Crippen LogP) is 6.62. The summed E-state index contributed by atoms with van der Waals surface area (Å²) in [7, 11) is 1.67. The number of ether oxygens (including phenoxy) is 1. The van der Waals surface area contributed by atoms with Crippen LogP contribution in [0.25, 0.3) is 0 Å². The van der Waals surface area contributed by atoms with Crippen molar-refractivity contribution < 1.29 is 13.9 Å². The van der Waals surface area contributed by atoms with Crippen molar-refractivity contribution in [3.63, 3.8) is 0 Å². The van der Waals surface area contributed by atoms with E-state index >= 15 is 0 Å². The standard InChI is InChI=1S/C31H32FN3O2S/c1-3-27-21-28(31(38-27)33-30(36)23-7-5-4-6-8-23)29(22-9-15-26(37-2)16-10-22)35-19-17-34(18-20-35)25-13-11-24(32)12-14-25/h4-16,21,29H,3,17-20H2,1-2H3,(H,33,36)/t29-/m1/s1. The molecule has 4 aromatic rings. The molecule has 1 amide bonds. The first-order chi connectivity index (χ1) is 18.6. The van der Waals surface area contributed by atoms with E-state index in [1.165, 1.54) is 17.0 Å². The second-order valence-electron chi connectivity index (χ2n) is 9.35. The van der Waals surface area contributed by atoms with E-state index in [1.54, 1.807) is 18.4 Å². The number of nitrogens with zero attached hydrogens (tertiary/aromatic N) is 2. The Morgan fingerprint density at radius 1 is 0.974 bits per heavy atom. The maximum atomic E-state index is 13.5. The van der Waals surface area contributed by atoms with Gasteiger partial charge in [-0.1, -0.05) is 37.3 Å². The molecule has 1 aromatic heterocycles. The molecule has 7 heteroatoms. The van der Waals surface area contributed by atoms with Crippen LogP contribution in [0.4, 0.5) is 15.1 Å². The minimum absolute atomic E-state index is 0.0288. The van der Waals surface area contributed by atoms with Crippen molar-refractivity contribution in [1.82, 2.24) is 4.90 Å². The number of piperazine rings is 1. The number of hydrogen-bond acceptors (Lipinski definition) is 5. The van der Waals surface area contributed by atoms with E-state index in [1.807, 2.05) is 54.6 Å². The molecule has 1 atom stereocenters. The van der Waals surface area contributed by atoms with E-state index in [0.717, 1.165) is 60.2 Å². The van der Waals surface area contributed by atoms with Crippen molar-refractivity contribution in [2.75, 3.05) is 43.5 Å². The van der Waals surface area contributed by atoms with Gasteiger partial charge in [0.05, 0.1) is 13.2 Å². The second kappa shape index (κ2) is 11.8. The lowest BCUT2D eigenvalue weighted by Gasteiger charge is -2.40. The summed E-state index contributed by atoms with van der Waals surface area (Å²) in [5, 5.41) is 4.10. The van der Waals surface area contributed by atoms with E-state index in [9.17, 15) is 9.18 Å². The van der Waals surface area contributed by atoms with Crippen LogP contribution in [0.15, 0.2) is 84.9 Å². The van der Waals surface area contributed by atoms with Gasteiger partial charge in [-0.3, -0.25) is 9.69 Å². The minimum Gasteiger partial charge on any atom is -0.497 e. The highest BCUT2D eigenvalue weighted by atomic mass is 32.1. The SMILES string of the molecule is CCc1cc([C@@H](c2ccc(OC)cc2)N2CCN(c3ccc(F)cc3)CC2)c(NC(=O)c2ccccc2)s1. The van der Waals surface area contributed by atoms with Crippen LogP contribution in [-0.4, -0.2) is 44.1 Å². The fourth-order valence-corrected chi connectivity index (χ4v) is 5.99. The Morgan fingerprint density at radius 2 is 1.66 bits per heavy atom. The molecule has 0 radical (unpaired) electrons. The van der Waals surface area contributed by atoms with Crippen molar-refractivity contribution in [1.29, 1.82) is 0 Å². The molecule has 5 rings (SSSR count). The van der Waals surface area contributed by atoms with Crippen LogP contribution in [0.5, 0.6) is 5.75 Å². The van der Waals surface area contributed by atoms with Crippen molar-refractivity contribution >= 4 is 27.9 Å². The van der Waals surface area contributed by atoms with Gasteiger partial charge in [0.15, 0.2) is 0 Å². The van der Waals surface area contributed by atoms with Gasteiger partial charge in [0.25, 0.3) is 5.91 Å². The van der Waals surface area contributed by atoms with Crippen molar-refractivity contribution in [3.8, 4) is 5.75 Å². The third-order valence-corrected chi connectivity index (χ3v) is 8.23. The molecule has 5 nitrogen and oxygen atoms in total. The van der Waals surface area contributed by atoms with E-state index in [-0.39, 0.29) is 17.8 Å². The summed E-state index contributed by atoms with van der Waals surface area (Å²) in [4.78, 5) is 19.1. The number of carbonyl (C=O) groups excluding carboxylic acids is 1. The first-order valence-corrected chi connectivity index (χ1v) is 13.7. The Kier molecular flexibility index (Phi) is 8.05. The molecule has 1 aliphatic rings. The zero-order valence-electron chi connectivity index (χ0n) is 21.7. The topological polar surface area (TPSA) is 44.8 Å². The van der Waals surface area contributed by atoms with E-state index in [0.29, 0.717) is 5.56 Å². The summed E-state index contributed by atoms with van der Waals surface area (Å²) >= 11 is 1.65. The van der Waals surface area contributed by atoms with Crippen LogP contribution < -0.4 is 15.0 Å². The highest BCUT2D eigenvalue weighted by molar-refractivity contribution is 7.16. The summed E-state index contributed by atoms with van der Waals surface area (Å²) in [5.74, 6) is 0.484. The lowest BCUT2D eigenvalue weighted by Crippen LogP contribution is -2.48. The zero-order chi connectivity index (χ0) is 26.5. The Hall–Kier alpha value is -3.68.